The average molecular weight is 611 g/mol. The Labute approximate surface area is 238 Å². The molecule has 0 bridgehead atoms. The molecule has 41 heavy (non-hydrogen) atoms. The summed E-state index contributed by atoms with van der Waals surface area (Å²) < 4.78 is 107. The predicted octanol–water partition coefficient (Wildman–Crippen LogP) is 8.81. The van der Waals surface area contributed by atoms with E-state index < -0.39 is 44.9 Å². The molecule has 0 unspecified atom stereocenters. The first-order valence-corrected chi connectivity index (χ1v) is 13.5. The summed E-state index contributed by atoms with van der Waals surface area (Å²) in [7, 11) is 4.02. The minimum atomic E-state index is -5.79. The predicted molar refractivity (Wildman–Crippen MR) is 146 cm³/mol. The van der Waals surface area contributed by atoms with Crippen LogP contribution in [0, 0.1) is 0 Å². The molecule has 1 aliphatic carbocycles. The minimum absolute atomic E-state index is 0.190. The summed E-state index contributed by atoms with van der Waals surface area (Å²) in [5.74, 6) is -15.4. The van der Waals surface area contributed by atoms with Crippen molar-refractivity contribution in [2.45, 2.75) is 17.8 Å². The molecule has 5 rings (SSSR count). The van der Waals surface area contributed by atoms with Gasteiger partial charge in [-0.15, -0.1) is 11.3 Å². The summed E-state index contributed by atoms with van der Waals surface area (Å²) in [4.78, 5) is 12.1. The van der Waals surface area contributed by atoms with Gasteiger partial charge in [-0.1, -0.05) is 11.3 Å². The standard InChI is InChI=1S/C29H20F6O4S2/c1-37-17-8-4-15(5-9-17)21-12-19(23(14-36)40-21)24-25(28(32,33)29(34,35)27(24,30)31)20-13-22(41-26(20)39-3)16-6-10-18(38-2)11-7-16/h4-14H,1-3H3. The highest BCUT2D eigenvalue weighted by atomic mass is 32.1. The van der Waals surface area contributed by atoms with Gasteiger partial charge in [-0.2, -0.15) is 26.3 Å². The van der Waals surface area contributed by atoms with Crippen LogP contribution in [0.1, 0.15) is 20.8 Å². The Hall–Kier alpha value is -3.77. The van der Waals surface area contributed by atoms with Crippen LogP contribution in [0.3, 0.4) is 0 Å². The van der Waals surface area contributed by atoms with Crippen LogP contribution in [0.4, 0.5) is 26.3 Å². The van der Waals surface area contributed by atoms with Gasteiger partial charge in [-0.05, 0) is 71.8 Å². The average Bonchev–Trinajstić information content (AvgIpc) is 3.61. The normalized spacial score (nSPS) is 17.0. The van der Waals surface area contributed by atoms with E-state index in [2.05, 4.69) is 0 Å². The molecule has 214 valence electrons. The fourth-order valence-electron chi connectivity index (χ4n) is 4.62. The van der Waals surface area contributed by atoms with Gasteiger partial charge in [-0.3, -0.25) is 4.79 Å². The van der Waals surface area contributed by atoms with E-state index in [1.54, 1.807) is 48.5 Å². The van der Waals surface area contributed by atoms with E-state index in [9.17, 15) is 13.6 Å². The maximum absolute atomic E-state index is 15.5. The maximum atomic E-state index is 15.5. The second-order valence-electron chi connectivity index (χ2n) is 8.95. The van der Waals surface area contributed by atoms with Gasteiger partial charge in [0, 0.05) is 32.0 Å². The molecular formula is C29H20F6O4S2. The number of halogens is 6. The van der Waals surface area contributed by atoms with Crippen LogP contribution in [0.25, 0.3) is 32.0 Å². The number of ether oxygens (including phenoxy) is 3. The zero-order chi connectivity index (χ0) is 29.7. The van der Waals surface area contributed by atoms with Crippen LogP contribution in [0.15, 0.2) is 60.7 Å². The third-order valence-electron chi connectivity index (χ3n) is 6.71. The molecule has 4 nitrogen and oxygen atoms in total. The Morgan fingerprint density at radius 3 is 1.51 bits per heavy atom. The molecule has 4 aromatic rings. The van der Waals surface area contributed by atoms with Crippen molar-refractivity contribution in [1.29, 1.82) is 0 Å². The molecule has 0 radical (unpaired) electrons. The Bertz CT molecular complexity index is 1640. The molecule has 0 aliphatic heterocycles. The summed E-state index contributed by atoms with van der Waals surface area (Å²) in [6.45, 7) is 0. The Balaban J connectivity index is 1.77. The number of aldehydes is 1. The van der Waals surface area contributed by atoms with Crippen LogP contribution >= 0.6 is 22.7 Å². The van der Waals surface area contributed by atoms with Gasteiger partial charge >= 0.3 is 17.8 Å². The van der Waals surface area contributed by atoms with Crippen molar-refractivity contribution in [2.75, 3.05) is 21.3 Å². The van der Waals surface area contributed by atoms with Gasteiger partial charge in [0.05, 0.1) is 26.2 Å². The zero-order valence-corrected chi connectivity index (χ0v) is 23.2. The van der Waals surface area contributed by atoms with Crippen molar-refractivity contribution < 1.29 is 45.3 Å². The molecule has 0 amide bonds. The highest BCUT2D eigenvalue weighted by molar-refractivity contribution is 7.18. The molecular weight excluding hydrogens is 590 g/mol. The minimum Gasteiger partial charge on any atom is -0.497 e. The van der Waals surface area contributed by atoms with Gasteiger partial charge in [0.25, 0.3) is 0 Å². The lowest BCUT2D eigenvalue weighted by molar-refractivity contribution is -0.254. The lowest BCUT2D eigenvalue weighted by Gasteiger charge is -2.25. The molecule has 0 saturated carbocycles. The van der Waals surface area contributed by atoms with Crippen LogP contribution < -0.4 is 14.2 Å². The molecule has 0 saturated heterocycles. The summed E-state index contributed by atoms with van der Waals surface area (Å²) in [6.07, 6.45) is 0.190. The van der Waals surface area contributed by atoms with E-state index in [4.69, 9.17) is 14.2 Å². The van der Waals surface area contributed by atoms with E-state index >= 15 is 17.6 Å². The number of benzene rings is 2. The second-order valence-corrected chi connectivity index (χ2v) is 11.1. The number of hydrogen-bond donors (Lipinski definition) is 0. The monoisotopic (exact) mass is 610 g/mol. The van der Waals surface area contributed by atoms with Crippen LogP contribution in [-0.4, -0.2) is 45.4 Å². The van der Waals surface area contributed by atoms with Crippen molar-refractivity contribution in [3.63, 3.8) is 0 Å². The molecule has 12 heteroatoms. The molecule has 0 spiro atoms. The van der Waals surface area contributed by atoms with Gasteiger partial charge in [0.2, 0.25) is 0 Å². The van der Waals surface area contributed by atoms with Crippen LogP contribution in [0.2, 0.25) is 0 Å². The number of carbonyl (C=O) groups excluding carboxylic acids is 1. The summed E-state index contributed by atoms with van der Waals surface area (Å²) in [5, 5.41) is -0.269. The van der Waals surface area contributed by atoms with E-state index in [1.165, 1.54) is 14.2 Å². The third kappa shape index (κ3) is 4.40. The van der Waals surface area contributed by atoms with Crippen LogP contribution in [-0.2, 0) is 0 Å². The fraction of sp³-hybridized carbons (Fsp3) is 0.207. The number of allylic oxidation sites excluding steroid dienone is 2. The molecule has 2 aromatic heterocycles. The largest absolute Gasteiger partial charge is 0.497 e. The fourth-order valence-corrected chi connectivity index (χ4v) is 6.59. The Morgan fingerprint density at radius 1 is 0.634 bits per heavy atom. The first-order chi connectivity index (χ1) is 19.4. The highest BCUT2D eigenvalue weighted by Crippen LogP contribution is 2.66. The van der Waals surface area contributed by atoms with Gasteiger partial charge in [0.15, 0.2) is 11.3 Å². The molecule has 0 atom stereocenters. The first kappa shape index (κ1) is 28.7. The van der Waals surface area contributed by atoms with Crippen molar-refractivity contribution in [2.24, 2.45) is 0 Å². The van der Waals surface area contributed by atoms with Gasteiger partial charge in [0.1, 0.15) is 11.5 Å². The number of rotatable bonds is 8. The van der Waals surface area contributed by atoms with Gasteiger partial charge in [-0.25, -0.2) is 0 Å². The van der Waals surface area contributed by atoms with E-state index in [0.29, 0.717) is 27.5 Å². The first-order valence-electron chi connectivity index (χ1n) is 11.9. The van der Waals surface area contributed by atoms with E-state index in [-0.39, 0.29) is 16.2 Å². The Morgan fingerprint density at radius 2 is 1.07 bits per heavy atom. The molecule has 0 N–H and O–H groups in total. The summed E-state index contributed by atoms with van der Waals surface area (Å²) in [6, 6.07) is 14.8. The van der Waals surface area contributed by atoms with Crippen molar-refractivity contribution >= 4 is 40.1 Å². The molecule has 0 fully saturated rings. The Kier molecular flexibility index (Phi) is 7.19. The number of alkyl halides is 6. The van der Waals surface area contributed by atoms with Crippen molar-refractivity contribution in [3.8, 4) is 37.4 Å². The number of carbonyl (C=O) groups is 1. The number of hydrogen-bond acceptors (Lipinski definition) is 6. The van der Waals surface area contributed by atoms with Crippen LogP contribution in [0.5, 0.6) is 16.6 Å². The van der Waals surface area contributed by atoms with Gasteiger partial charge < -0.3 is 14.2 Å². The maximum Gasteiger partial charge on any atom is 0.380 e. The molecule has 2 aromatic carbocycles. The third-order valence-corrected chi connectivity index (χ3v) is 8.96. The quantitative estimate of drug-likeness (QED) is 0.148. The highest BCUT2D eigenvalue weighted by Gasteiger charge is 2.80. The zero-order valence-electron chi connectivity index (χ0n) is 21.6. The lowest BCUT2D eigenvalue weighted by atomic mass is 9.95. The smallest absolute Gasteiger partial charge is 0.380 e. The SMILES string of the molecule is COc1ccc(-c2cc(C3=C(c4cc(-c5ccc(OC)cc5)sc4OC)C(F)(F)C(F)(F)C3(F)F)c(C=O)s2)cc1. The lowest BCUT2D eigenvalue weighted by Crippen LogP contribution is -2.48. The molecule has 2 heterocycles. The molecule has 1 aliphatic rings. The topological polar surface area (TPSA) is 44.8 Å². The van der Waals surface area contributed by atoms with E-state index in [1.807, 2.05) is 0 Å². The second kappa shape index (κ2) is 10.3. The number of thiophene rings is 2. The summed E-state index contributed by atoms with van der Waals surface area (Å²) >= 11 is 1.55. The van der Waals surface area contributed by atoms with Crippen molar-refractivity contribution in [3.05, 3.63) is 76.7 Å². The van der Waals surface area contributed by atoms with Crippen molar-refractivity contribution in [1.82, 2.24) is 0 Å². The number of methoxy groups -OCH3 is 3. The van der Waals surface area contributed by atoms with E-state index in [0.717, 1.165) is 41.9 Å². The summed E-state index contributed by atoms with van der Waals surface area (Å²) in [5.41, 5.74) is -3.60.